The van der Waals surface area contributed by atoms with Gasteiger partial charge in [0.05, 0.1) is 0 Å². The van der Waals surface area contributed by atoms with Crippen molar-refractivity contribution in [3.63, 3.8) is 0 Å². The molecule has 0 rings (SSSR count). The van der Waals surface area contributed by atoms with Crippen LogP contribution in [0, 0.1) is 35.6 Å². The second kappa shape index (κ2) is 6.61. The maximum atomic E-state index is 8.80. The Hall–Kier alpha value is 2.49. The van der Waals surface area contributed by atoms with E-state index in [-0.39, 0.29) is 76.2 Å². The fourth-order valence-electron chi connectivity index (χ4n) is 0. The molecule has 0 aliphatic carbocycles. The number of rotatable bonds is 0. The van der Waals surface area contributed by atoms with Gasteiger partial charge in [0.1, 0.15) is 0 Å². The molecule has 1 radical (unpaired) electrons. The average Bonchev–Trinajstić information content (AvgIpc) is 0.722. The fraction of sp³-hybridized carbons (Fsp3) is 0. The van der Waals surface area contributed by atoms with Crippen LogP contribution in [-0.4, -0.2) is 46.1 Å². The minimum atomic E-state index is -5.12. The third kappa shape index (κ3) is 57.6. The molecule has 0 aliphatic heterocycles. The van der Waals surface area contributed by atoms with Gasteiger partial charge in [0.15, 0.2) is 0 Å². The molecule has 0 fully saturated rings. The summed E-state index contributed by atoms with van der Waals surface area (Å²) in [6.07, 6.45) is 0. The van der Waals surface area contributed by atoms with Crippen molar-refractivity contribution in [2.75, 3.05) is 0 Å². The third-order valence-electron chi connectivity index (χ3n) is 0. The molecule has 0 spiro atoms. The van der Waals surface area contributed by atoms with E-state index in [1.54, 1.807) is 0 Å². The van der Waals surface area contributed by atoms with Crippen LogP contribution in [0.1, 0.15) is 2.85 Å². The summed E-state index contributed by atoms with van der Waals surface area (Å²) >= 11 is -5.12. The van der Waals surface area contributed by atoms with Crippen LogP contribution in [0.25, 0.3) is 0 Å². The van der Waals surface area contributed by atoms with Crippen molar-refractivity contribution in [3.05, 3.63) is 0 Å². The zero-order valence-corrected chi connectivity index (χ0v) is 10.4. The Balaban J connectivity index is -0.0000000133. The summed E-state index contributed by atoms with van der Waals surface area (Å²) in [4.78, 5) is 0. The zero-order valence-electron chi connectivity index (χ0n) is 5.37. The van der Waals surface area contributed by atoms with Crippen LogP contribution in [0.2, 0.25) is 0 Å². The summed E-state index contributed by atoms with van der Waals surface area (Å²) < 4.78 is 31.8. The summed E-state index contributed by atoms with van der Waals surface area (Å²) in [6.45, 7) is 0. The van der Waals surface area contributed by atoms with Crippen molar-refractivity contribution < 1.29 is 67.9 Å². The second-order valence-electron chi connectivity index (χ2n) is 0.415. The van der Waals surface area contributed by atoms with Crippen LogP contribution >= 0.6 is 0 Å². The standard InChI is InChI=1S/Ca.La.Mn.2H2O.2O.2H/h;;;2*1H2;;;;/q+2;;+2;;;;;2*-1/p-2. The molecule has 0 aromatic carbocycles. The molecular formula is H4CaLaMnO4. The molecule has 4 nitrogen and oxygen atoms in total. The van der Waals surface area contributed by atoms with Gasteiger partial charge in [-0.2, -0.15) is 0 Å². The van der Waals surface area contributed by atoms with Gasteiger partial charge < -0.3 is 2.85 Å². The van der Waals surface area contributed by atoms with Crippen molar-refractivity contribution in [1.82, 2.24) is 0 Å². The van der Waals surface area contributed by atoms with Crippen LogP contribution in [0.15, 0.2) is 0 Å². The quantitative estimate of drug-likeness (QED) is 0.534. The van der Waals surface area contributed by atoms with E-state index in [0.29, 0.717) is 0 Å². The van der Waals surface area contributed by atoms with Gasteiger partial charge in [-0.1, -0.05) is 0 Å². The molecule has 0 aromatic rings. The first-order chi connectivity index (χ1) is 2.00. The van der Waals surface area contributed by atoms with E-state index >= 15 is 0 Å². The average molecular weight is 302 g/mol. The van der Waals surface area contributed by atoms with Crippen molar-refractivity contribution >= 4 is 37.7 Å². The summed E-state index contributed by atoms with van der Waals surface area (Å²) in [5.74, 6) is 0. The van der Waals surface area contributed by atoms with Crippen molar-refractivity contribution in [2.45, 2.75) is 0 Å². The van der Waals surface area contributed by atoms with Crippen molar-refractivity contribution in [3.8, 4) is 0 Å². The molecular weight excluding hydrogens is 298 g/mol. The van der Waals surface area contributed by atoms with Crippen LogP contribution in [-0.2, 0) is 21.0 Å². The van der Waals surface area contributed by atoms with Gasteiger partial charge in [-0.15, -0.1) is 0 Å². The van der Waals surface area contributed by atoms with Crippen LogP contribution in [0.4, 0.5) is 0 Å². The summed E-state index contributed by atoms with van der Waals surface area (Å²) in [5.41, 5.74) is 0. The first-order valence-corrected chi connectivity index (χ1v) is 2.67. The molecule has 0 aromatic heterocycles. The van der Waals surface area contributed by atoms with Gasteiger partial charge in [0, 0.05) is 35.6 Å². The van der Waals surface area contributed by atoms with E-state index in [2.05, 4.69) is 0 Å². The molecule has 0 bridgehead atoms. The molecule has 2 N–H and O–H groups in total. The summed E-state index contributed by atoms with van der Waals surface area (Å²) in [6, 6.07) is 0. The monoisotopic (exact) mass is 302 g/mol. The van der Waals surface area contributed by atoms with E-state index in [9.17, 15) is 0 Å². The molecule has 0 heterocycles. The molecule has 0 aliphatic rings. The van der Waals surface area contributed by atoms with Gasteiger partial charge in [-0.25, -0.2) is 0 Å². The predicted molar refractivity (Wildman–Crippen MR) is 13.8 cm³/mol. The van der Waals surface area contributed by atoms with Gasteiger partial charge in [0.25, 0.3) is 0 Å². The van der Waals surface area contributed by atoms with E-state index in [4.69, 9.17) is 16.0 Å². The van der Waals surface area contributed by atoms with Gasteiger partial charge >= 0.3 is 67.2 Å². The van der Waals surface area contributed by atoms with Crippen molar-refractivity contribution in [1.29, 1.82) is 0 Å². The Morgan fingerprint density at radius 1 is 1.29 bits per heavy atom. The molecule has 0 unspecified atom stereocenters. The van der Waals surface area contributed by atoms with E-state index < -0.39 is 13.4 Å². The van der Waals surface area contributed by atoms with E-state index in [0.717, 1.165) is 0 Å². The van der Waals surface area contributed by atoms with Crippen LogP contribution < -0.4 is 0 Å². The Morgan fingerprint density at radius 2 is 1.29 bits per heavy atom. The molecule has 0 saturated carbocycles. The van der Waals surface area contributed by atoms with Gasteiger partial charge in [0.2, 0.25) is 0 Å². The normalized spacial score (nSPS) is 8.29. The molecule has 0 atom stereocenters. The second-order valence-corrected chi connectivity index (χ2v) is 1.71. The fourth-order valence-corrected chi connectivity index (χ4v) is 0. The van der Waals surface area contributed by atoms with Gasteiger partial charge in [-0.3, -0.25) is 0 Å². The summed E-state index contributed by atoms with van der Waals surface area (Å²) in [7, 11) is 0. The first-order valence-electron chi connectivity index (χ1n) is 0.647. The third-order valence-corrected chi connectivity index (χ3v) is 0. The Labute approximate surface area is 104 Å². The zero-order chi connectivity index (χ0) is 4.50. The predicted octanol–water partition coefficient (Wildman–Crippen LogP) is -1.51. The SMILES string of the molecule is [Ca+2].[H-].[H-].[La].[O]=[Mn](=[O])([OH])[OH]. The van der Waals surface area contributed by atoms with Crippen LogP contribution in [0.3, 0.4) is 0 Å². The van der Waals surface area contributed by atoms with Crippen LogP contribution in [0.5, 0.6) is 0 Å². The molecule has 7 heavy (non-hydrogen) atoms. The molecule has 40 valence electrons. The Bertz CT molecular complexity index is 102. The molecule has 7 heteroatoms. The topological polar surface area (TPSA) is 74.6 Å². The number of hydrogen-bond donors (Lipinski definition) is 2. The molecule has 0 saturated heterocycles. The minimum absolute atomic E-state index is 0. The maximum absolute atomic E-state index is 8.80. The number of hydrogen-bond acceptors (Lipinski definition) is 2. The van der Waals surface area contributed by atoms with E-state index in [1.165, 1.54) is 0 Å². The Morgan fingerprint density at radius 3 is 1.29 bits per heavy atom. The van der Waals surface area contributed by atoms with E-state index in [1.807, 2.05) is 0 Å². The molecule has 0 amide bonds. The van der Waals surface area contributed by atoms with Crippen molar-refractivity contribution in [2.24, 2.45) is 0 Å². The first kappa shape index (κ1) is 16.2. The summed E-state index contributed by atoms with van der Waals surface area (Å²) in [5, 5.41) is 0. The Kier molecular flexibility index (Phi) is 15.3. The van der Waals surface area contributed by atoms with Gasteiger partial charge in [-0.05, 0) is 0 Å².